The first-order valence-electron chi connectivity index (χ1n) is 8.51. The first kappa shape index (κ1) is 20.3. The molecule has 0 spiro atoms. The van der Waals surface area contributed by atoms with Crippen molar-refractivity contribution < 1.29 is 0 Å². The van der Waals surface area contributed by atoms with E-state index in [1.54, 1.807) is 0 Å². The zero-order chi connectivity index (χ0) is 14.6. The summed E-state index contributed by atoms with van der Waals surface area (Å²) in [7, 11) is 4.27. The van der Waals surface area contributed by atoms with Crippen LogP contribution in [0.5, 0.6) is 0 Å². The molecule has 0 bridgehead atoms. The molecule has 0 heterocycles. The summed E-state index contributed by atoms with van der Waals surface area (Å²) in [6.07, 6.45) is 13.9. The van der Waals surface area contributed by atoms with Gasteiger partial charge in [0.05, 0.1) is 0 Å². The van der Waals surface area contributed by atoms with E-state index >= 15 is 0 Å². The predicted molar refractivity (Wildman–Crippen MR) is 98.9 cm³/mol. The Bertz CT molecular complexity index is 349. The Hall–Kier alpha value is -0.690. The highest BCUT2D eigenvalue weighted by molar-refractivity contribution is 5.85. The normalized spacial score (nSPS) is 10.2. The molecular formula is C19H34ClN. The Morgan fingerprint density at radius 3 is 1.86 bits per heavy atom. The highest BCUT2D eigenvalue weighted by Crippen LogP contribution is 2.20. The molecule has 0 aliphatic carbocycles. The SMILES string of the molecule is CCCCCCCCCCCc1ccccc1N(C)C.Cl. The molecule has 1 aromatic carbocycles. The van der Waals surface area contributed by atoms with Gasteiger partial charge in [-0.3, -0.25) is 0 Å². The van der Waals surface area contributed by atoms with E-state index in [0.29, 0.717) is 0 Å². The summed E-state index contributed by atoms with van der Waals surface area (Å²) in [6.45, 7) is 2.28. The van der Waals surface area contributed by atoms with Crippen molar-refractivity contribution in [3.8, 4) is 0 Å². The zero-order valence-electron chi connectivity index (χ0n) is 14.2. The summed E-state index contributed by atoms with van der Waals surface area (Å²) in [5, 5.41) is 0. The lowest BCUT2D eigenvalue weighted by atomic mass is 10.0. The number of nitrogens with zero attached hydrogens (tertiary/aromatic N) is 1. The van der Waals surface area contributed by atoms with Crippen LogP contribution < -0.4 is 4.90 Å². The van der Waals surface area contributed by atoms with E-state index in [-0.39, 0.29) is 12.4 Å². The number of rotatable bonds is 11. The lowest BCUT2D eigenvalue weighted by Gasteiger charge is -2.17. The van der Waals surface area contributed by atoms with Gasteiger partial charge in [-0.1, -0.05) is 76.5 Å². The van der Waals surface area contributed by atoms with Gasteiger partial charge >= 0.3 is 0 Å². The number of anilines is 1. The highest BCUT2D eigenvalue weighted by Gasteiger charge is 2.02. The van der Waals surface area contributed by atoms with Crippen LogP contribution in [0.3, 0.4) is 0 Å². The van der Waals surface area contributed by atoms with Gasteiger partial charge in [0.15, 0.2) is 0 Å². The van der Waals surface area contributed by atoms with Crippen LogP contribution >= 0.6 is 12.4 Å². The molecule has 0 saturated carbocycles. The smallest absolute Gasteiger partial charge is 0.0393 e. The van der Waals surface area contributed by atoms with E-state index in [1.165, 1.54) is 75.5 Å². The number of halogens is 1. The Morgan fingerprint density at radius 1 is 0.762 bits per heavy atom. The van der Waals surface area contributed by atoms with Gasteiger partial charge in [0, 0.05) is 19.8 Å². The van der Waals surface area contributed by atoms with Crippen molar-refractivity contribution in [3.05, 3.63) is 29.8 Å². The van der Waals surface area contributed by atoms with Gasteiger partial charge in [-0.05, 0) is 24.5 Å². The van der Waals surface area contributed by atoms with Crippen molar-refractivity contribution in [1.82, 2.24) is 0 Å². The largest absolute Gasteiger partial charge is 0.377 e. The maximum atomic E-state index is 2.28. The number of para-hydroxylation sites is 1. The van der Waals surface area contributed by atoms with Gasteiger partial charge in [0.2, 0.25) is 0 Å². The van der Waals surface area contributed by atoms with Gasteiger partial charge < -0.3 is 4.90 Å². The maximum absolute atomic E-state index is 2.28. The quantitative estimate of drug-likeness (QED) is 0.437. The second-order valence-electron chi connectivity index (χ2n) is 6.10. The molecular weight excluding hydrogens is 278 g/mol. The number of benzene rings is 1. The van der Waals surface area contributed by atoms with E-state index in [0.717, 1.165) is 0 Å². The van der Waals surface area contributed by atoms with E-state index in [1.807, 2.05) is 0 Å². The lowest BCUT2D eigenvalue weighted by molar-refractivity contribution is 0.565. The van der Waals surface area contributed by atoms with E-state index in [2.05, 4.69) is 50.2 Å². The van der Waals surface area contributed by atoms with Crippen LogP contribution in [-0.2, 0) is 6.42 Å². The van der Waals surface area contributed by atoms with E-state index in [9.17, 15) is 0 Å². The fourth-order valence-electron chi connectivity index (χ4n) is 2.78. The molecule has 0 aliphatic heterocycles. The molecule has 1 nitrogen and oxygen atoms in total. The summed E-state index contributed by atoms with van der Waals surface area (Å²) in [4.78, 5) is 2.23. The van der Waals surface area contributed by atoms with Crippen molar-refractivity contribution >= 4 is 18.1 Å². The third-order valence-electron chi connectivity index (χ3n) is 4.02. The minimum absolute atomic E-state index is 0. The first-order chi connectivity index (χ1) is 9.75. The number of hydrogen-bond donors (Lipinski definition) is 0. The topological polar surface area (TPSA) is 3.24 Å². The van der Waals surface area contributed by atoms with Gasteiger partial charge in [0.1, 0.15) is 0 Å². The molecule has 0 fully saturated rings. The van der Waals surface area contributed by atoms with Crippen LogP contribution in [0.15, 0.2) is 24.3 Å². The molecule has 2 heteroatoms. The Kier molecular flexibility index (Phi) is 12.6. The van der Waals surface area contributed by atoms with Gasteiger partial charge in [-0.2, -0.15) is 0 Å². The molecule has 0 amide bonds. The first-order valence-corrected chi connectivity index (χ1v) is 8.51. The lowest BCUT2D eigenvalue weighted by Crippen LogP contribution is -2.11. The maximum Gasteiger partial charge on any atom is 0.0393 e. The average molecular weight is 312 g/mol. The zero-order valence-corrected chi connectivity index (χ0v) is 15.1. The second-order valence-corrected chi connectivity index (χ2v) is 6.10. The third kappa shape index (κ3) is 9.03. The van der Waals surface area contributed by atoms with Crippen LogP contribution in [0.25, 0.3) is 0 Å². The van der Waals surface area contributed by atoms with Crippen molar-refractivity contribution in [1.29, 1.82) is 0 Å². The summed E-state index contributed by atoms with van der Waals surface area (Å²) >= 11 is 0. The number of aryl methyl sites for hydroxylation is 1. The highest BCUT2D eigenvalue weighted by atomic mass is 35.5. The molecule has 0 aliphatic rings. The fraction of sp³-hybridized carbons (Fsp3) is 0.684. The summed E-state index contributed by atoms with van der Waals surface area (Å²) in [6, 6.07) is 8.80. The van der Waals surface area contributed by atoms with E-state index in [4.69, 9.17) is 0 Å². The molecule has 1 aromatic rings. The molecule has 21 heavy (non-hydrogen) atoms. The van der Waals surface area contributed by atoms with Crippen LogP contribution in [0.1, 0.15) is 70.3 Å². The average Bonchev–Trinajstić information content (AvgIpc) is 2.46. The van der Waals surface area contributed by atoms with Crippen molar-refractivity contribution in [2.45, 2.75) is 71.1 Å². The van der Waals surface area contributed by atoms with Crippen molar-refractivity contribution in [2.24, 2.45) is 0 Å². The van der Waals surface area contributed by atoms with Gasteiger partial charge in [-0.25, -0.2) is 0 Å². The molecule has 0 N–H and O–H groups in total. The van der Waals surface area contributed by atoms with Crippen molar-refractivity contribution in [2.75, 3.05) is 19.0 Å². The van der Waals surface area contributed by atoms with Crippen LogP contribution in [0.4, 0.5) is 5.69 Å². The van der Waals surface area contributed by atoms with Gasteiger partial charge in [0.25, 0.3) is 0 Å². The predicted octanol–water partition coefficient (Wildman–Crippen LogP) is 6.25. The van der Waals surface area contributed by atoms with Crippen LogP contribution in [-0.4, -0.2) is 14.1 Å². The molecule has 0 atom stereocenters. The van der Waals surface area contributed by atoms with Crippen molar-refractivity contribution in [3.63, 3.8) is 0 Å². The molecule has 0 saturated heterocycles. The second kappa shape index (κ2) is 13.0. The van der Waals surface area contributed by atoms with Crippen LogP contribution in [0, 0.1) is 0 Å². The summed E-state index contributed by atoms with van der Waals surface area (Å²) < 4.78 is 0. The van der Waals surface area contributed by atoms with E-state index < -0.39 is 0 Å². The fourth-order valence-corrected chi connectivity index (χ4v) is 2.78. The number of hydrogen-bond acceptors (Lipinski definition) is 1. The molecule has 122 valence electrons. The standard InChI is InChI=1S/C19H33N.ClH/c1-4-5-6-7-8-9-10-11-12-15-18-16-13-14-17-19(18)20(2)3;/h13-14,16-17H,4-12,15H2,1-3H3;1H. The molecule has 0 aromatic heterocycles. The minimum atomic E-state index is 0. The molecule has 0 unspecified atom stereocenters. The van der Waals surface area contributed by atoms with Crippen LogP contribution in [0.2, 0.25) is 0 Å². The minimum Gasteiger partial charge on any atom is -0.377 e. The monoisotopic (exact) mass is 311 g/mol. The third-order valence-corrected chi connectivity index (χ3v) is 4.02. The summed E-state index contributed by atoms with van der Waals surface area (Å²) in [5.41, 5.74) is 2.88. The Labute approximate surface area is 138 Å². The molecule has 0 radical (unpaired) electrons. The Morgan fingerprint density at radius 2 is 1.29 bits per heavy atom. The Balaban J connectivity index is 0.00000400. The summed E-state index contributed by atoms with van der Waals surface area (Å²) in [5.74, 6) is 0. The number of unbranched alkanes of at least 4 members (excludes halogenated alkanes) is 8. The molecule has 1 rings (SSSR count). The van der Waals surface area contributed by atoms with Gasteiger partial charge in [-0.15, -0.1) is 12.4 Å².